The molecule has 1 fully saturated rings. The summed E-state index contributed by atoms with van der Waals surface area (Å²) in [6.07, 6.45) is 9.19. The van der Waals surface area contributed by atoms with E-state index in [9.17, 15) is 4.79 Å². The molecule has 2 heteroatoms. The molecule has 0 atom stereocenters. The Morgan fingerprint density at radius 1 is 1.05 bits per heavy atom. The van der Waals surface area contributed by atoms with E-state index in [1.807, 2.05) is 12.1 Å². The third-order valence-corrected chi connectivity index (χ3v) is 4.42. The quantitative estimate of drug-likeness (QED) is 0.744. The SMILES string of the molecule is O=C(c1ccc2c(c1)CCCCO2)C1CCCCC1. The molecule has 1 aromatic rings. The van der Waals surface area contributed by atoms with E-state index in [4.69, 9.17) is 4.74 Å². The molecule has 102 valence electrons. The van der Waals surface area contributed by atoms with Gasteiger partial charge < -0.3 is 4.74 Å². The van der Waals surface area contributed by atoms with Gasteiger partial charge in [0.2, 0.25) is 0 Å². The summed E-state index contributed by atoms with van der Waals surface area (Å²) >= 11 is 0. The second-order valence-corrected chi connectivity index (χ2v) is 5.83. The molecule has 0 bridgehead atoms. The second-order valence-electron chi connectivity index (χ2n) is 5.83. The maximum atomic E-state index is 12.5. The van der Waals surface area contributed by atoms with Crippen LogP contribution >= 0.6 is 0 Å². The number of ether oxygens (including phenoxy) is 1. The molecule has 2 nitrogen and oxygen atoms in total. The number of ketones is 1. The third kappa shape index (κ3) is 2.83. The molecule has 0 aromatic heterocycles. The van der Waals surface area contributed by atoms with Crippen molar-refractivity contribution in [3.05, 3.63) is 29.3 Å². The molecular formula is C17H22O2. The Morgan fingerprint density at radius 3 is 2.74 bits per heavy atom. The summed E-state index contributed by atoms with van der Waals surface area (Å²) < 4.78 is 5.72. The Balaban J connectivity index is 1.80. The molecule has 0 unspecified atom stereocenters. The van der Waals surface area contributed by atoms with Gasteiger partial charge in [-0.15, -0.1) is 0 Å². The summed E-state index contributed by atoms with van der Waals surface area (Å²) in [4.78, 5) is 12.5. The Labute approximate surface area is 115 Å². The fraction of sp³-hybridized carbons (Fsp3) is 0.588. The minimum Gasteiger partial charge on any atom is -0.493 e. The number of carbonyl (C=O) groups is 1. The molecule has 0 amide bonds. The second kappa shape index (κ2) is 5.77. The molecule has 2 aliphatic rings. The normalized spacial score (nSPS) is 20.2. The summed E-state index contributed by atoms with van der Waals surface area (Å²) in [5, 5.41) is 0. The molecule has 1 heterocycles. The van der Waals surface area contributed by atoms with Crippen LogP contribution in [0.3, 0.4) is 0 Å². The van der Waals surface area contributed by atoms with Crippen LogP contribution in [-0.4, -0.2) is 12.4 Å². The lowest BCUT2D eigenvalue weighted by atomic mass is 9.83. The van der Waals surface area contributed by atoms with E-state index in [0.717, 1.165) is 50.0 Å². The molecule has 1 aliphatic carbocycles. The molecule has 0 N–H and O–H groups in total. The van der Waals surface area contributed by atoms with Gasteiger partial charge in [-0.1, -0.05) is 19.3 Å². The highest BCUT2D eigenvalue weighted by atomic mass is 16.5. The van der Waals surface area contributed by atoms with Gasteiger partial charge in [0.05, 0.1) is 6.61 Å². The highest BCUT2D eigenvalue weighted by Gasteiger charge is 2.23. The molecular weight excluding hydrogens is 236 g/mol. The van der Waals surface area contributed by atoms with E-state index in [1.54, 1.807) is 0 Å². The summed E-state index contributed by atoms with van der Waals surface area (Å²) in [6, 6.07) is 6.04. The predicted octanol–water partition coefficient (Wildman–Crippen LogP) is 4.16. The van der Waals surface area contributed by atoms with E-state index in [0.29, 0.717) is 5.78 Å². The highest BCUT2D eigenvalue weighted by molar-refractivity contribution is 5.98. The lowest BCUT2D eigenvalue weighted by Crippen LogP contribution is -2.18. The van der Waals surface area contributed by atoms with Crippen molar-refractivity contribution in [2.24, 2.45) is 5.92 Å². The summed E-state index contributed by atoms with van der Waals surface area (Å²) in [7, 11) is 0. The fourth-order valence-electron chi connectivity index (χ4n) is 3.27. The average Bonchev–Trinajstić information content (AvgIpc) is 2.72. The van der Waals surface area contributed by atoms with E-state index >= 15 is 0 Å². The van der Waals surface area contributed by atoms with Gasteiger partial charge in [0, 0.05) is 11.5 Å². The standard InChI is InChI=1S/C17H22O2/c18-17(13-6-2-1-3-7-13)15-9-10-16-14(12-15)8-4-5-11-19-16/h9-10,12-13H,1-8,11H2. The first-order chi connectivity index (χ1) is 9.34. The van der Waals surface area contributed by atoms with Crippen LogP contribution in [0.15, 0.2) is 18.2 Å². The number of hydrogen-bond acceptors (Lipinski definition) is 2. The van der Waals surface area contributed by atoms with E-state index in [1.165, 1.54) is 24.8 Å². The Bertz CT molecular complexity index is 458. The zero-order chi connectivity index (χ0) is 13.1. The van der Waals surface area contributed by atoms with Gasteiger partial charge in [-0.2, -0.15) is 0 Å². The maximum absolute atomic E-state index is 12.5. The Morgan fingerprint density at radius 2 is 1.89 bits per heavy atom. The zero-order valence-electron chi connectivity index (χ0n) is 11.5. The third-order valence-electron chi connectivity index (χ3n) is 4.42. The molecule has 1 aliphatic heterocycles. The largest absolute Gasteiger partial charge is 0.493 e. The van der Waals surface area contributed by atoms with Crippen LogP contribution in [0, 0.1) is 5.92 Å². The van der Waals surface area contributed by atoms with Gasteiger partial charge in [-0.25, -0.2) is 0 Å². The van der Waals surface area contributed by atoms with Gasteiger partial charge in [0.1, 0.15) is 5.75 Å². The molecule has 1 aromatic carbocycles. The highest BCUT2D eigenvalue weighted by Crippen LogP contribution is 2.30. The van der Waals surface area contributed by atoms with Crippen molar-refractivity contribution in [3.63, 3.8) is 0 Å². The van der Waals surface area contributed by atoms with Gasteiger partial charge >= 0.3 is 0 Å². The van der Waals surface area contributed by atoms with Crippen molar-refractivity contribution >= 4 is 5.78 Å². The van der Waals surface area contributed by atoms with Crippen molar-refractivity contribution in [2.75, 3.05) is 6.61 Å². The minimum absolute atomic E-state index is 0.262. The lowest BCUT2D eigenvalue weighted by Gasteiger charge is -2.20. The van der Waals surface area contributed by atoms with Crippen molar-refractivity contribution < 1.29 is 9.53 Å². The maximum Gasteiger partial charge on any atom is 0.165 e. The van der Waals surface area contributed by atoms with Crippen molar-refractivity contribution in [3.8, 4) is 5.75 Å². The Kier molecular flexibility index (Phi) is 3.86. The molecule has 3 rings (SSSR count). The van der Waals surface area contributed by atoms with E-state index in [2.05, 4.69) is 6.07 Å². The topological polar surface area (TPSA) is 26.3 Å². The number of benzene rings is 1. The van der Waals surface area contributed by atoms with Crippen LogP contribution < -0.4 is 4.74 Å². The minimum atomic E-state index is 0.262. The molecule has 0 radical (unpaired) electrons. The van der Waals surface area contributed by atoms with Gasteiger partial charge in [-0.3, -0.25) is 4.79 Å². The van der Waals surface area contributed by atoms with E-state index < -0.39 is 0 Å². The molecule has 0 spiro atoms. The number of rotatable bonds is 2. The van der Waals surface area contributed by atoms with Crippen LogP contribution in [0.4, 0.5) is 0 Å². The summed E-state index contributed by atoms with van der Waals surface area (Å²) in [5.41, 5.74) is 2.12. The van der Waals surface area contributed by atoms with Crippen LogP contribution in [0.5, 0.6) is 5.75 Å². The molecule has 1 saturated carbocycles. The predicted molar refractivity (Wildman–Crippen MR) is 75.8 cm³/mol. The molecule has 0 saturated heterocycles. The van der Waals surface area contributed by atoms with Crippen LogP contribution in [-0.2, 0) is 6.42 Å². The van der Waals surface area contributed by atoms with Crippen LogP contribution in [0.1, 0.15) is 60.9 Å². The number of carbonyl (C=O) groups excluding carboxylic acids is 1. The summed E-state index contributed by atoms with van der Waals surface area (Å²) in [5.74, 6) is 1.60. The smallest absolute Gasteiger partial charge is 0.165 e. The fourth-order valence-corrected chi connectivity index (χ4v) is 3.27. The summed E-state index contributed by atoms with van der Waals surface area (Å²) in [6.45, 7) is 0.808. The van der Waals surface area contributed by atoms with E-state index in [-0.39, 0.29) is 5.92 Å². The van der Waals surface area contributed by atoms with Crippen molar-refractivity contribution in [1.82, 2.24) is 0 Å². The number of hydrogen-bond donors (Lipinski definition) is 0. The number of aryl methyl sites for hydroxylation is 1. The Hall–Kier alpha value is -1.31. The first-order valence-electron chi connectivity index (χ1n) is 7.64. The molecule has 19 heavy (non-hydrogen) atoms. The van der Waals surface area contributed by atoms with Gasteiger partial charge in [0.25, 0.3) is 0 Å². The van der Waals surface area contributed by atoms with Crippen molar-refractivity contribution in [2.45, 2.75) is 51.4 Å². The lowest BCUT2D eigenvalue weighted by molar-refractivity contribution is 0.0889. The first kappa shape index (κ1) is 12.7. The number of Topliss-reactive ketones (excluding diaryl/α,β-unsaturated/α-hetero) is 1. The van der Waals surface area contributed by atoms with Crippen LogP contribution in [0.25, 0.3) is 0 Å². The number of fused-ring (bicyclic) bond motifs is 1. The monoisotopic (exact) mass is 258 g/mol. The van der Waals surface area contributed by atoms with Crippen LogP contribution in [0.2, 0.25) is 0 Å². The van der Waals surface area contributed by atoms with Gasteiger partial charge in [-0.05, 0) is 55.9 Å². The zero-order valence-corrected chi connectivity index (χ0v) is 11.5. The first-order valence-corrected chi connectivity index (χ1v) is 7.64. The average molecular weight is 258 g/mol. The van der Waals surface area contributed by atoms with Crippen molar-refractivity contribution in [1.29, 1.82) is 0 Å². The van der Waals surface area contributed by atoms with Gasteiger partial charge in [0.15, 0.2) is 5.78 Å².